The molecule has 1 aromatic carbocycles. The van der Waals surface area contributed by atoms with Crippen molar-refractivity contribution in [2.75, 3.05) is 7.11 Å². The molecule has 0 heterocycles. The molecule has 15 heavy (non-hydrogen) atoms. The molecule has 80 valence electrons. The Hall–Kier alpha value is -1.51. The first kappa shape index (κ1) is 10.0. The highest BCUT2D eigenvalue weighted by Crippen LogP contribution is 2.39. The van der Waals surface area contributed by atoms with Crippen LogP contribution in [-0.2, 0) is 11.2 Å². The number of ether oxygens (including phenoxy) is 1. The van der Waals surface area contributed by atoms with Gasteiger partial charge in [-0.3, -0.25) is 4.79 Å². The van der Waals surface area contributed by atoms with Crippen LogP contribution in [-0.4, -0.2) is 13.0 Å². The van der Waals surface area contributed by atoms with Gasteiger partial charge in [0.15, 0.2) is 0 Å². The molecule has 0 saturated heterocycles. The Labute approximate surface area is 89.2 Å². The van der Waals surface area contributed by atoms with Crippen LogP contribution in [0.3, 0.4) is 0 Å². The van der Waals surface area contributed by atoms with E-state index in [1.807, 2.05) is 12.1 Å². The van der Waals surface area contributed by atoms with Crippen LogP contribution in [0.1, 0.15) is 29.9 Å². The van der Waals surface area contributed by atoms with Gasteiger partial charge in [-0.15, -0.1) is 0 Å². The molecule has 0 aliphatic heterocycles. The van der Waals surface area contributed by atoms with E-state index in [9.17, 15) is 4.79 Å². The van der Waals surface area contributed by atoms with Gasteiger partial charge in [-0.2, -0.15) is 0 Å². The van der Waals surface area contributed by atoms with Crippen LogP contribution < -0.4 is 10.5 Å². The van der Waals surface area contributed by atoms with E-state index in [-0.39, 0.29) is 11.8 Å². The minimum atomic E-state index is -0.226. The number of amides is 1. The van der Waals surface area contributed by atoms with Gasteiger partial charge >= 0.3 is 0 Å². The molecule has 0 bridgehead atoms. The maximum absolute atomic E-state index is 10.9. The summed E-state index contributed by atoms with van der Waals surface area (Å²) >= 11 is 0. The highest BCUT2D eigenvalue weighted by molar-refractivity contribution is 5.75. The number of fused-ring (bicyclic) bond motifs is 1. The molecule has 1 atom stereocenters. The lowest BCUT2D eigenvalue weighted by molar-refractivity contribution is -0.118. The molecule has 0 radical (unpaired) electrons. The molecule has 0 saturated carbocycles. The van der Waals surface area contributed by atoms with Gasteiger partial charge in [0.05, 0.1) is 7.11 Å². The number of benzene rings is 1. The van der Waals surface area contributed by atoms with E-state index < -0.39 is 0 Å². The quantitative estimate of drug-likeness (QED) is 0.814. The van der Waals surface area contributed by atoms with Crippen LogP contribution in [0.2, 0.25) is 0 Å². The molecule has 0 aromatic heterocycles. The number of carbonyl (C=O) groups is 1. The fourth-order valence-electron chi connectivity index (χ4n) is 2.35. The van der Waals surface area contributed by atoms with Gasteiger partial charge in [-0.25, -0.2) is 0 Å². The Morgan fingerprint density at radius 2 is 2.40 bits per heavy atom. The van der Waals surface area contributed by atoms with E-state index in [1.165, 1.54) is 11.1 Å². The fraction of sp³-hybridized carbons (Fsp3) is 0.417. The molecule has 1 unspecified atom stereocenters. The van der Waals surface area contributed by atoms with Gasteiger partial charge in [0.1, 0.15) is 5.75 Å². The molecule has 1 aromatic rings. The molecule has 1 aliphatic carbocycles. The highest BCUT2D eigenvalue weighted by atomic mass is 16.5. The predicted octanol–water partition coefficient (Wildman–Crippen LogP) is 1.60. The molecule has 3 nitrogen and oxygen atoms in total. The first-order valence-electron chi connectivity index (χ1n) is 5.16. The second-order valence-electron chi connectivity index (χ2n) is 3.93. The SMILES string of the molecule is COc1cccc2c1CCC2CC(N)=O. The Balaban J connectivity index is 2.31. The molecule has 1 aliphatic rings. The third-order valence-electron chi connectivity index (χ3n) is 3.02. The van der Waals surface area contributed by atoms with E-state index in [4.69, 9.17) is 10.5 Å². The van der Waals surface area contributed by atoms with Crippen LogP contribution >= 0.6 is 0 Å². The zero-order chi connectivity index (χ0) is 10.8. The zero-order valence-corrected chi connectivity index (χ0v) is 8.82. The van der Waals surface area contributed by atoms with Crippen molar-refractivity contribution in [1.29, 1.82) is 0 Å². The lowest BCUT2D eigenvalue weighted by atomic mass is 9.97. The fourth-order valence-corrected chi connectivity index (χ4v) is 2.35. The summed E-state index contributed by atoms with van der Waals surface area (Å²) in [4.78, 5) is 10.9. The highest BCUT2D eigenvalue weighted by Gasteiger charge is 2.25. The normalized spacial score (nSPS) is 18.6. The predicted molar refractivity (Wildman–Crippen MR) is 57.9 cm³/mol. The Bertz CT molecular complexity index is 387. The lowest BCUT2D eigenvalue weighted by Gasteiger charge is -2.10. The van der Waals surface area contributed by atoms with Gasteiger partial charge in [0.25, 0.3) is 0 Å². The summed E-state index contributed by atoms with van der Waals surface area (Å²) in [6.45, 7) is 0. The monoisotopic (exact) mass is 205 g/mol. The minimum absolute atomic E-state index is 0.226. The van der Waals surface area contributed by atoms with E-state index >= 15 is 0 Å². The number of rotatable bonds is 3. The maximum atomic E-state index is 10.9. The van der Waals surface area contributed by atoms with E-state index in [0.717, 1.165) is 18.6 Å². The van der Waals surface area contributed by atoms with E-state index in [2.05, 4.69) is 6.07 Å². The van der Waals surface area contributed by atoms with Gasteiger partial charge < -0.3 is 10.5 Å². The molecular formula is C12H15NO2. The van der Waals surface area contributed by atoms with Crippen molar-refractivity contribution in [2.45, 2.75) is 25.2 Å². The number of carbonyl (C=O) groups excluding carboxylic acids is 1. The number of primary amides is 1. The van der Waals surface area contributed by atoms with Crippen LogP contribution in [0, 0.1) is 0 Å². The average molecular weight is 205 g/mol. The summed E-state index contributed by atoms with van der Waals surface area (Å²) < 4.78 is 5.29. The van der Waals surface area contributed by atoms with Crippen molar-refractivity contribution in [3.05, 3.63) is 29.3 Å². The van der Waals surface area contributed by atoms with Crippen LogP contribution in [0.4, 0.5) is 0 Å². The molecule has 0 spiro atoms. The van der Waals surface area contributed by atoms with E-state index in [1.54, 1.807) is 7.11 Å². The van der Waals surface area contributed by atoms with Gasteiger partial charge in [0, 0.05) is 6.42 Å². The van der Waals surface area contributed by atoms with Crippen LogP contribution in [0.25, 0.3) is 0 Å². The zero-order valence-electron chi connectivity index (χ0n) is 8.82. The molecule has 2 N–H and O–H groups in total. The van der Waals surface area contributed by atoms with Gasteiger partial charge in [0.2, 0.25) is 5.91 Å². The van der Waals surface area contributed by atoms with E-state index in [0.29, 0.717) is 6.42 Å². The molecule has 3 heteroatoms. The number of hydrogen-bond donors (Lipinski definition) is 1. The number of methoxy groups -OCH3 is 1. The summed E-state index contributed by atoms with van der Waals surface area (Å²) in [5.41, 5.74) is 7.70. The second-order valence-corrected chi connectivity index (χ2v) is 3.93. The van der Waals surface area contributed by atoms with Crippen molar-refractivity contribution < 1.29 is 9.53 Å². The number of nitrogens with two attached hydrogens (primary N) is 1. The van der Waals surface area contributed by atoms with Gasteiger partial charge in [-0.05, 0) is 36.0 Å². The summed E-state index contributed by atoms with van der Waals surface area (Å²) in [5.74, 6) is 0.989. The number of hydrogen-bond acceptors (Lipinski definition) is 2. The minimum Gasteiger partial charge on any atom is -0.496 e. The summed E-state index contributed by atoms with van der Waals surface area (Å²) in [5, 5.41) is 0. The Morgan fingerprint density at radius 1 is 1.60 bits per heavy atom. The standard InChI is InChI=1S/C12H15NO2/c1-15-11-4-2-3-9-8(7-12(13)14)5-6-10(9)11/h2-4,8H,5-7H2,1H3,(H2,13,14). The largest absolute Gasteiger partial charge is 0.496 e. The van der Waals surface area contributed by atoms with Crippen LogP contribution in [0.5, 0.6) is 5.75 Å². The Kier molecular flexibility index (Phi) is 2.62. The maximum Gasteiger partial charge on any atom is 0.218 e. The van der Waals surface area contributed by atoms with Crippen molar-refractivity contribution in [2.24, 2.45) is 5.73 Å². The smallest absolute Gasteiger partial charge is 0.218 e. The summed E-state index contributed by atoms with van der Waals surface area (Å²) in [6, 6.07) is 6.00. The molecular weight excluding hydrogens is 190 g/mol. The average Bonchev–Trinajstić information content (AvgIpc) is 2.61. The lowest BCUT2D eigenvalue weighted by Crippen LogP contribution is -2.13. The molecule has 2 rings (SSSR count). The first-order valence-corrected chi connectivity index (χ1v) is 5.16. The second kappa shape index (κ2) is 3.93. The Morgan fingerprint density at radius 3 is 3.07 bits per heavy atom. The summed E-state index contributed by atoms with van der Waals surface area (Å²) in [6.07, 6.45) is 2.43. The van der Waals surface area contributed by atoms with Crippen molar-refractivity contribution in [3.63, 3.8) is 0 Å². The first-order chi connectivity index (χ1) is 7.22. The molecule has 1 amide bonds. The topological polar surface area (TPSA) is 52.3 Å². The van der Waals surface area contributed by atoms with Crippen LogP contribution in [0.15, 0.2) is 18.2 Å². The van der Waals surface area contributed by atoms with Crippen molar-refractivity contribution >= 4 is 5.91 Å². The van der Waals surface area contributed by atoms with Gasteiger partial charge in [-0.1, -0.05) is 12.1 Å². The van der Waals surface area contributed by atoms with Crippen molar-refractivity contribution in [3.8, 4) is 5.75 Å². The molecule has 0 fully saturated rings. The third kappa shape index (κ3) is 1.82. The van der Waals surface area contributed by atoms with Crippen molar-refractivity contribution in [1.82, 2.24) is 0 Å². The third-order valence-corrected chi connectivity index (χ3v) is 3.02. The summed E-state index contributed by atoms with van der Waals surface area (Å²) in [7, 11) is 1.68.